The number of carbonyl (C=O) groups excluding carboxylic acids is 2. The number of nitrogens with zero attached hydrogens (tertiary/aromatic N) is 2. The molecular weight excluding hydrogens is 358 g/mol. The van der Waals surface area contributed by atoms with Crippen molar-refractivity contribution in [3.8, 4) is 0 Å². The molecule has 0 radical (unpaired) electrons. The molecule has 0 fully saturated rings. The molecular formula is C17H16BrN3O2. The Morgan fingerprint density at radius 1 is 1.35 bits per heavy atom. The number of carbonyl (C=O) groups is 2. The molecule has 1 aliphatic heterocycles. The van der Waals surface area contributed by atoms with E-state index in [2.05, 4.69) is 26.2 Å². The minimum Gasteiger partial charge on any atom is -0.383 e. The van der Waals surface area contributed by atoms with Gasteiger partial charge in [-0.05, 0) is 36.2 Å². The molecule has 1 aromatic heterocycles. The maximum Gasteiger partial charge on any atom is 0.239 e. The molecule has 0 bridgehead atoms. The van der Waals surface area contributed by atoms with Crippen molar-refractivity contribution < 1.29 is 9.59 Å². The Kier molecular flexibility index (Phi) is 4.43. The number of amides is 2. The van der Waals surface area contributed by atoms with Gasteiger partial charge in [-0.25, -0.2) is 4.90 Å². The number of nitrogens with one attached hydrogen (secondary N) is 1. The zero-order chi connectivity index (χ0) is 16.4. The highest BCUT2D eigenvalue weighted by Crippen LogP contribution is 2.37. The summed E-state index contributed by atoms with van der Waals surface area (Å²) >= 11 is 3.46. The first-order valence-electron chi connectivity index (χ1n) is 7.36. The van der Waals surface area contributed by atoms with Crippen molar-refractivity contribution in [1.82, 2.24) is 4.98 Å². The van der Waals surface area contributed by atoms with E-state index < -0.39 is 0 Å². The maximum absolute atomic E-state index is 12.7. The highest BCUT2D eigenvalue weighted by Gasteiger charge is 2.26. The fraction of sp³-hybridized carbons (Fsp3) is 0.235. The molecule has 1 aliphatic rings. The number of pyridine rings is 1. The minimum atomic E-state index is -0.306. The Balaban J connectivity index is 1.97. The van der Waals surface area contributed by atoms with Crippen molar-refractivity contribution >= 4 is 39.1 Å². The maximum atomic E-state index is 12.7. The summed E-state index contributed by atoms with van der Waals surface area (Å²) in [6, 6.07) is 9.21. The fourth-order valence-electron chi connectivity index (χ4n) is 2.76. The SMILES string of the molecule is CC(=O)N(C(=O)Cc1ccccn1)c1cc(Br)cc2c1NCC2. The zero-order valence-corrected chi connectivity index (χ0v) is 14.3. The van der Waals surface area contributed by atoms with Gasteiger partial charge < -0.3 is 5.32 Å². The summed E-state index contributed by atoms with van der Waals surface area (Å²) in [6.07, 6.45) is 2.60. The fourth-order valence-corrected chi connectivity index (χ4v) is 3.26. The van der Waals surface area contributed by atoms with E-state index in [0.29, 0.717) is 11.4 Å². The highest BCUT2D eigenvalue weighted by atomic mass is 79.9. The summed E-state index contributed by atoms with van der Waals surface area (Å²) in [5, 5.41) is 3.27. The molecule has 0 saturated heterocycles. The summed E-state index contributed by atoms with van der Waals surface area (Å²) in [4.78, 5) is 30.2. The van der Waals surface area contributed by atoms with Gasteiger partial charge in [0, 0.05) is 29.8 Å². The second-order valence-corrected chi connectivity index (χ2v) is 6.30. The van der Waals surface area contributed by atoms with Gasteiger partial charge >= 0.3 is 0 Å². The number of fused-ring (bicyclic) bond motifs is 1. The quantitative estimate of drug-likeness (QED) is 0.898. The first kappa shape index (κ1) is 15.7. The van der Waals surface area contributed by atoms with Gasteiger partial charge in [-0.15, -0.1) is 0 Å². The molecule has 0 aliphatic carbocycles. The minimum absolute atomic E-state index is 0.0850. The lowest BCUT2D eigenvalue weighted by Crippen LogP contribution is -2.37. The van der Waals surface area contributed by atoms with Gasteiger partial charge in [0.1, 0.15) is 0 Å². The largest absolute Gasteiger partial charge is 0.383 e. The molecule has 3 rings (SSSR count). The van der Waals surface area contributed by atoms with Crippen LogP contribution in [0.3, 0.4) is 0 Å². The lowest BCUT2D eigenvalue weighted by Gasteiger charge is -2.22. The van der Waals surface area contributed by atoms with E-state index in [-0.39, 0.29) is 18.2 Å². The number of benzene rings is 1. The lowest BCUT2D eigenvalue weighted by atomic mass is 10.1. The topological polar surface area (TPSA) is 62.3 Å². The predicted molar refractivity (Wildman–Crippen MR) is 92.4 cm³/mol. The molecule has 0 unspecified atom stereocenters. The Morgan fingerprint density at radius 2 is 2.17 bits per heavy atom. The molecule has 1 N–H and O–H groups in total. The number of rotatable bonds is 3. The van der Waals surface area contributed by atoms with Gasteiger partial charge in [-0.2, -0.15) is 0 Å². The Hall–Kier alpha value is -2.21. The molecule has 1 aromatic carbocycles. The lowest BCUT2D eigenvalue weighted by molar-refractivity contribution is -0.125. The third kappa shape index (κ3) is 3.27. The summed E-state index contributed by atoms with van der Waals surface area (Å²) in [5.41, 5.74) is 3.20. The second kappa shape index (κ2) is 6.50. The van der Waals surface area contributed by atoms with Crippen LogP contribution in [0.4, 0.5) is 11.4 Å². The number of hydrogen-bond acceptors (Lipinski definition) is 4. The number of imide groups is 1. The summed E-state index contributed by atoms with van der Waals surface area (Å²) in [5.74, 6) is -0.592. The van der Waals surface area contributed by atoms with Gasteiger partial charge in [0.2, 0.25) is 11.8 Å². The van der Waals surface area contributed by atoms with Crippen molar-refractivity contribution in [2.75, 3.05) is 16.8 Å². The Labute approximate surface area is 142 Å². The molecule has 0 saturated carbocycles. The predicted octanol–water partition coefficient (Wildman–Crippen LogP) is 2.93. The monoisotopic (exact) mass is 373 g/mol. The van der Waals surface area contributed by atoms with Crippen LogP contribution in [-0.2, 0) is 22.4 Å². The average Bonchev–Trinajstić information content (AvgIpc) is 2.96. The van der Waals surface area contributed by atoms with Crippen LogP contribution in [0, 0.1) is 0 Å². The highest BCUT2D eigenvalue weighted by molar-refractivity contribution is 9.10. The van der Waals surface area contributed by atoms with E-state index in [4.69, 9.17) is 0 Å². The smallest absolute Gasteiger partial charge is 0.239 e. The van der Waals surface area contributed by atoms with Crippen molar-refractivity contribution in [3.05, 3.63) is 52.3 Å². The Morgan fingerprint density at radius 3 is 2.87 bits per heavy atom. The first-order valence-corrected chi connectivity index (χ1v) is 8.15. The molecule has 5 nitrogen and oxygen atoms in total. The second-order valence-electron chi connectivity index (χ2n) is 5.38. The van der Waals surface area contributed by atoms with Gasteiger partial charge in [-0.1, -0.05) is 22.0 Å². The Bertz CT molecular complexity index is 762. The van der Waals surface area contributed by atoms with Crippen LogP contribution in [0.15, 0.2) is 41.0 Å². The molecule has 0 spiro atoms. The standard InChI is InChI=1S/C17H16BrN3O2/c1-11(22)21(16(23)10-14-4-2-3-6-19-14)15-9-13(18)8-12-5-7-20-17(12)15/h2-4,6,8-9,20H,5,7,10H2,1H3. The van der Waals surface area contributed by atoms with Crippen molar-refractivity contribution in [1.29, 1.82) is 0 Å². The third-order valence-electron chi connectivity index (χ3n) is 3.72. The molecule has 0 atom stereocenters. The van der Waals surface area contributed by atoms with Gasteiger partial charge in [-0.3, -0.25) is 14.6 Å². The number of hydrogen-bond donors (Lipinski definition) is 1. The van der Waals surface area contributed by atoms with E-state index in [1.54, 1.807) is 24.4 Å². The van der Waals surface area contributed by atoms with Crippen LogP contribution in [-0.4, -0.2) is 23.3 Å². The normalized spacial score (nSPS) is 12.4. The molecule has 2 amide bonds. The van der Waals surface area contributed by atoms with Gasteiger partial charge in [0.05, 0.1) is 17.8 Å². The van der Waals surface area contributed by atoms with Crippen molar-refractivity contribution in [3.63, 3.8) is 0 Å². The van der Waals surface area contributed by atoms with Crippen molar-refractivity contribution in [2.24, 2.45) is 0 Å². The summed E-state index contributed by atoms with van der Waals surface area (Å²) in [7, 11) is 0. The number of aromatic nitrogens is 1. The molecule has 2 heterocycles. The van der Waals surface area contributed by atoms with Gasteiger partial charge in [0.15, 0.2) is 0 Å². The number of halogens is 1. The number of anilines is 2. The van der Waals surface area contributed by atoms with Gasteiger partial charge in [0.25, 0.3) is 0 Å². The van der Waals surface area contributed by atoms with Crippen LogP contribution in [0.2, 0.25) is 0 Å². The van der Waals surface area contributed by atoms with Crippen LogP contribution in [0.25, 0.3) is 0 Å². The van der Waals surface area contributed by atoms with E-state index in [0.717, 1.165) is 28.7 Å². The van der Waals surface area contributed by atoms with Crippen LogP contribution >= 0.6 is 15.9 Å². The summed E-state index contributed by atoms with van der Waals surface area (Å²) < 4.78 is 0.854. The van der Waals surface area contributed by atoms with Crippen LogP contribution < -0.4 is 10.2 Å². The molecule has 6 heteroatoms. The van der Waals surface area contributed by atoms with Crippen LogP contribution in [0.1, 0.15) is 18.2 Å². The average molecular weight is 374 g/mol. The van der Waals surface area contributed by atoms with E-state index in [1.807, 2.05) is 12.1 Å². The first-order chi connectivity index (χ1) is 11.1. The molecule has 2 aromatic rings. The summed E-state index contributed by atoms with van der Waals surface area (Å²) in [6.45, 7) is 2.21. The molecule has 118 valence electrons. The third-order valence-corrected chi connectivity index (χ3v) is 4.18. The molecule has 23 heavy (non-hydrogen) atoms. The zero-order valence-electron chi connectivity index (χ0n) is 12.7. The van der Waals surface area contributed by atoms with E-state index in [9.17, 15) is 9.59 Å². The van der Waals surface area contributed by atoms with E-state index >= 15 is 0 Å². The van der Waals surface area contributed by atoms with Crippen molar-refractivity contribution in [2.45, 2.75) is 19.8 Å². The van der Waals surface area contributed by atoms with E-state index in [1.165, 1.54) is 11.8 Å². The van der Waals surface area contributed by atoms with Crippen LogP contribution in [0.5, 0.6) is 0 Å².